The van der Waals surface area contributed by atoms with Crippen molar-refractivity contribution >= 4 is 35.8 Å². The van der Waals surface area contributed by atoms with E-state index < -0.39 is 0 Å². The summed E-state index contributed by atoms with van der Waals surface area (Å²) in [5, 5.41) is 3.66. The van der Waals surface area contributed by atoms with E-state index in [1.165, 1.54) is 64.6 Å². The molecular weight excluding hydrogens is 441 g/mol. The molecule has 7 heteroatoms. The number of aliphatic imine (C=N–C) groups is 1. The molecule has 0 radical (unpaired) electrons. The van der Waals surface area contributed by atoms with Gasteiger partial charge in [-0.25, -0.2) is 4.99 Å². The highest BCUT2D eigenvalue weighted by molar-refractivity contribution is 14.0. The minimum absolute atomic E-state index is 0. The number of guanidine groups is 1. The summed E-state index contributed by atoms with van der Waals surface area (Å²) < 4.78 is 0. The van der Waals surface area contributed by atoms with Gasteiger partial charge in [0, 0.05) is 39.8 Å². The zero-order valence-corrected chi connectivity index (χ0v) is 18.8. The Bertz CT molecular complexity index is 473. The van der Waals surface area contributed by atoms with Gasteiger partial charge in [-0.2, -0.15) is 0 Å². The van der Waals surface area contributed by atoms with Crippen molar-refractivity contribution in [2.75, 3.05) is 53.4 Å². The number of nitrogens with zero attached hydrogens (tertiary/aromatic N) is 4. The van der Waals surface area contributed by atoms with Crippen molar-refractivity contribution in [1.29, 1.82) is 0 Å². The topological polar surface area (TPSA) is 51.2 Å². The summed E-state index contributed by atoms with van der Waals surface area (Å²) in [7, 11) is 3.59. The van der Waals surface area contributed by atoms with Crippen LogP contribution in [0.1, 0.15) is 44.9 Å². The van der Waals surface area contributed by atoms with Gasteiger partial charge in [0.25, 0.3) is 0 Å². The maximum atomic E-state index is 12.0. The molecule has 0 spiro atoms. The molecule has 3 aliphatic rings. The van der Waals surface area contributed by atoms with Crippen LogP contribution in [0.2, 0.25) is 0 Å². The minimum Gasteiger partial charge on any atom is -0.353 e. The maximum Gasteiger partial charge on any atom is 0.243 e. The Labute approximate surface area is 175 Å². The first-order chi connectivity index (χ1) is 12.1. The van der Waals surface area contributed by atoms with Crippen LogP contribution in [0.15, 0.2) is 4.99 Å². The van der Waals surface area contributed by atoms with Crippen LogP contribution in [0.3, 0.4) is 0 Å². The van der Waals surface area contributed by atoms with Crippen molar-refractivity contribution in [3.8, 4) is 0 Å². The summed E-state index contributed by atoms with van der Waals surface area (Å²) in [5.41, 5.74) is 0. The molecule has 6 nitrogen and oxygen atoms in total. The standard InChI is InChI=1S/C19H35N5O.HI/c1-22(2)18(25)13-20-19(21-17-7-3-4-8-17)24-12-9-16(15-24)14-23-10-5-6-11-23;/h16-17H,3-15H2,1-2H3,(H,20,21);1H. The average Bonchev–Trinajstić information content (AvgIpc) is 3.34. The predicted molar refractivity (Wildman–Crippen MR) is 117 cm³/mol. The Hall–Kier alpha value is -0.570. The Morgan fingerprint density at radius 2 is 1.77 bits per heavy atom. The molecule has 3 rings (SSSR count). The fraction of sp³-hybridized carbons (Fsp3) is 0.895. The van der Waals surface area contributed by atoms with E-state index in [9.17, 15) is 4.79 Å². The molecular formula is C19H36IN5O. The molecule has 2 aliphatic heterocycles. The van der Waals surface area contributed by atoms with E-state index in [1.807, 2.05) is 0 Å². The molecule has 1 aliphatic carbocycles. The SMILES string of the molecule is CN(C)C(=O)CN=C(NC1CCCC1)N1CCC(CN2CCCC2)C1.I. The van der Waals surface area contributed by atoms with Gasteiger partial charge in [0.05, 0.1) is 0 Å². The van der Waals surface area contributed by atoms with Crippen molar-refractivity contribution in [2.24, 2.45) is 10.9 Å². The number of rotatable bonds is 5. The van der Waals surface area contributed by atoms with Crippen LogP contribution in [0, 0.1) is 5.92 Å². The van der Waals surface area contributed by atoms with Gasteiger partial charge < -0.3 is 20.0 Å². The van der Waals surface area contributed by atoms with Crippen LogP contribution in [-0.2, 0) is 4.79 Å². The quantitative estimate of drug-likeness (QED) is 0.374. The fourth-order valence-corrected chi connectivity index (χ4v) is 4.28. The van der Waals surface area contributed by atoms with Gasteiger partial charge >= 0.3 is 0 Å². The highest BCUT2D eigenvalue weighted by atomic mass is 127. The normalized spacial score (nSPS) is 24.8. The molecule has 1 atom stereocenters. The third-order valence-electron chi connectivity index (χ3n) is 5.85. The molecule has 26 heavy (non-hydrogen) atoms. The van der Waals surface area contributed by atoms with Gasteiger partial charge in [0.15, 0.2) is 5.96 Å². The molecule has 2 saturated heterocycles. The lowest BCUT2D eigenvalue weighted by Crippen LogP contribution is -2.45. The number of nitrogens with one attached hydrogen (secondary N) is 1. The largest absolute Gasteiger partial charge is 0.353 e. The number of carbonyl (C=O) groups excluding carboxylic acids is 1. The summed E-state index contributed by atoms with van der Waals surface area (Å²) in [5.74, 6) is 1.77. The zero-order chi connectivity index (χ0) is 17.6. The molecule has 0 bridgehead atoms. The predicted octanol–water partition coefficient (Wildman–Crippen LogP) is 2.00. The number of amides is 1. The summed E-state index contributed by atoms with van der Waals surface area (Å²) in [6.07, 6.45) is 9.03. The third-order valence-corrected chi connectivity index (χ3v) is 5.85. The van der Waals surface area contributed by atoms with Crippen LogP contribution in [0.4, 0.5) is 0 Å². The molecule has 0 aromatic rings. The second kappa shape index (κ2) is 10.7. The minimum atomic E-state index is 0. The molecule has 1 N–H and O–H groups in total. The first kappa shape index (κ1) is 21.7. The first-order valence-electron chi connectivity index (χ1n) is 10.1. The zero-order valence-electron chi connectivity index (χ0n) is 16.5. The summed E-state index contributed by atoms with van der Waals surface area (Å²) in [4.78, 5) is 23.3. The molecule has 150 valence electrons. The average molecular weight is 477 g/mol. The second-order valence-corrected chi connectivity index (χ2v) is 8.16. The number of hydrogen-bond donors (Lipinski definition) is 1. The van der Waals surface area contributed by atoms with E-state index in [0.717, 1.165) is 25.0 Å². The van der Waals surface area contributed by atoms with Crippen LogP contribution >= 0.6 is 24.0 Å². The van der Waals surface area contributed by atoms with Gasteiger partial charge in [0.1, 0.15) is 6.54 Å². The summed E-state index contributed by atoms with van der Waals surface area (Å²) in [6.45, 7) is 6.15. The highest BCUT2D eigenvalue weighted by Crippen LogP contribution is 2.22. The number of halogens is 1. The highest BCUT2D eigenvalue weighted by Gasteiger charge is 2.29. The van der Waals surface area contributed by atoms with Crippen LogP contribution < -0.4 is 5.32 Å². The van der Waals surface area contributed by atoms with Crippen molar-refractivity contribution in [3.63, 3.8) is 0 Å². The molecule has 1 saturated carbocycles. The van der Waals surface area contributed by atoms with Crippen LogP contribution in [0.25, 0.3) is 0 Å². The lowest BCUT2D eigenvalue weighted by molar-refractivity contribution is -0.127. The van der Waals surface area contributed by atoms with Gasteiger partial charge in [-0.05, 0) is 51.1 Å². The first-order valence-corrected chi connectivity index (χ1v) is 10.1. The van der Waals surface area contributed by atoms with Crippen LogP contribution in [0.5, 0.6) is 0 Å². The second-order valence-electron chi connectivity index (χ2n) is 8.16. The van der Waals surface area contributed by atoms with E-state index in [1.54, 1.807) is 19.0 Å². The third kappa shape index (κ3) is 6.25. The Morgan fingerprint density at radius 1 is 1.08 bits per heavy atom. The molecule has 0 aromatic carbocycles. The molecule has 1 amide bonds. The fourth-order valence-electron chi connectivity index (χ4n) is 4.28. The van der Waals surface area contributed by atoms with Crippen molar-refractivity contribution < 1.29 is 4.79 Å². The number of likely N-dealkylation sites (N-methyl/N-ethyl adjacent to an activating group) is 1. The molecule has 3 fully saturated rings. The molecule has 2 heterocycles. The van der Waals surface area contributed by atoms with E-state index in [2.05, 4.69) is 20.1 Å². The van der Waals surface area contributed by atoms with E-state index in [-0.39, 0.29) is 36.4 Å². The lowest BCUT2D eigenvalue weighted by atomic mass is 10.1. The van der Waals surface area contributed by atoms with Crippen molar-refractivity contribution in [2.45, 2.75) is 51.0 Å². The van der Waals surface area contributed by atoms with Crippen molar-refractivity contribution in [1.82, 2.24) is 20.0 Å². The van der Waals surface area contributed by atoms with Gasteiger partial charge in [-0.15, -0.1) is 24.0 Å². The summed E-state index contributed by atoms with van der Waals surface area (Å²) in [6, 6.07) is 0.533. The summed E-state index contributed by atoms with van der Waals surface area (Å²) >= 11 is 0. The van der Waals surface area contributed by atoms with Gasteiger partial charge in [-0.1, -0.05) is 12.8 Å². The lowest BCUT2D eigenvalue weighted by Gasteiger charge is -2.26. The molecule has 0 aromatic heterocycles. The van der Waals surface area contributed by atoms with Gasteiger partial charge in [-0.3, -0.25) is 4.79 Å². The number of likely N-dealkylation sites (tertiary alicyclic amines) is 2. The van der Waals surface area contributed by atoms with Crippen molar-refractivity contribution in [3.05, 3.63) is 0 Å². The molecule has 1 unspecified atom stereocenters. The van der Waals surface area contributed by atoms with E-state index in [0.29, 0.717) is 6.04 Å². The monoisotopic (exact) mass is 477 g/mol. The Balaban J connectivity index is 0.00000243. The smallest absolute Gasteiger partial charge is 0.243 e. The van der Waals surface area contributed by atoms with Gasteiger partial charge in [0.2, 0.25) is 5.91 Å². The number of hydrogen-bond acceptors (Lipinski definition) is 3. The number of carbonyl (C=O) groups is 1. The van der Waals surface area contributed by atoms with E-state index >= 15 is 0 Å². The van der Waals surface area contributed by atoms with E-state index in [4.69, 9.17) is 0 Å². The Kier molecular flexibility index (Phi) is 8.93. The Morgan fingerprint density at radius 3 is 2.42 bits per heavy atom. The van der Waals surface area contributed by atoms with Crippen LogP contribution in [-0.4, -0.2) is 86.0 Å². The maximum absolute atomic E-state index is 12.0.